The van der Waals surface area contributed by atoms with Gasteiger partial charge in [-0.1, -0.05) is 36.4 Å². The molecule has 3 rings (SSSR count). The summed E-state index contributed by atoms with van der Waals surface area (Å²) in [6.07, 6.45) is -0.619. The average Bonchev–Trinajstić information content (AvgIpc) is 2.93. The van der Waals surface area contributed by atoms with Crippen LogP contribution in [-0.2, 0) is 20.7 Å². The Labute approximate surface area is 145 Å². The van der Waals surface area contributed by atoms with Crippen molar-refractivity contribution in [2.75, 3.05) is 5.32 Å². The third-order valence-corrected chi connectivity index (χ3v) is 4.07. The Kier molecular flexibility index (Phi) is 4.79. The number of rotatable bonds is 5. The SMILES string of the molecule is Cc1ccccc1CCC(=O)Nc1ccc(C2OC(=O)NC2=O)cc1. The molecule has 2 N–H and O–H groups in total. The number of amides is 3. The van der Waals surface area contributed by atoms with E-state index < -0.39 is 18.1 Å². The lowest BCUT2D eigenvalue weighted by molar-refractivity contribution is -0.123. The third kappa shape index (κ3) is 4.03. The van der Waals surface area contributed by atoms with Crippen molar-refractivity contribution in [2.24, 2.45) is 0 Å². The molecule has 0 radical (unpaired) electrons. The Balaban J connectivity index is 1.56. The highest BCUT2D eigenvalue weighted by atomic mass is 16.6. The van der Waals surface area contributed by atoms with Crippen molar-refractivity contribution in [3.05, 3.63) is 65.2 Å². The second-order valence-corrected chi connectivity index (χ2v) is 5.87. The van der Waals surface area contributed by atoms with E-state index in [1.54, 1.807) is 24.3 Å². The van der Waals surface area contributed by atoms with Gasteiger partial charge in [-0.25, -0.2) is 4.79 Å². The lowest BCUT2D eigenvalue weighted by atomic mass is 10.0. The number of carbonyl (C=O) groups is 3. The summed E-state index contributed by atoms with van der Waals surface area (Å²) in [6.45, 7) is 2.03. The topological polar surface area (TPSA) is 84.5 Å². The van der Waals surface area contributed by atoms with Crippen molar-refractivity contribution < 1.29 is 19.1 Å². The van der Waals surface area contributed by atoms with Gasteiger partial charge in [0.2, 0.25) is 12.0 Å². The van der Waals surface area contributed by atoms with Gasteiger partial charge in [0.25, 0.3) is 5.91 Å². The molecular formula is C19H18N2O4. The van der Waals surface area contributed by atoms with Crippen molar-refractivity contribution in [3.8, 4) is 0 Å². The molecule has 1 fully saturated rings. The molecule has 1 heterocycles. The van der Waals surface area contributed by atoms with Crippen LogP contribution in [0.25, 0.3) is 0 Å². The minimum absolute atomic E-state index is 0.0824. The second kappa shape index (κ2) is 7.17. The normalized spacial score (nSPS) is 16.3. The van der Waals surface area contributed by atoms with Gasteiger partial charge in [-0.05, 0) is 36.6 Å². The van der Waals surface area contributed by atoms with Gasteiger partial charge in [-0.3, -0.25) is 14.9 Å². The first kappa shape index (κ1) is 16.7. The molecule has 128 valence electrons. The molecule has 1 aliphatic heterocycles. The zero-order valence-electron chi connectivity index (χ0n) is 13.7. The Hall–Kier alpha value is -3.15. The number of anilines is 1. The molecule has 0 aliphatic carbocycles. The van der Waals surface area contributed by atoms with Crippen LogP contribution < -0.4 is 10.6 Å². The van der Waals surface area contributed by atoms with Gasteiger partial charge in [0.15, 0.2) is 0 Å². The predicted octanol–water partition coefficient (Wildman–Crippen LogP) is 2.87. The minimum atomic E-state index is -0.932. The van der Waals surface area contributed by atoms with Gasteiger partial charge in [-0.15, -0.1) is 0 Å². The summed E-state index contributed by atoms with van der Waals surface area (Å²) in [5.41, 5.74) is 3.51. The minimum Gasteiger partial charge on any atom is -0.431 e. The second-order valence-electron chi connectivity index (χ2n) is 5.87. The Morgan fingerprint density at radius 3 is 2.48 bits per heavy atom. The van der Waals surface area contributed by atoms with Gasteiger partial charge in [0, 0.05) is 17.7 Å². The van der Waals surface area contributed by atoms with Crippen molar-refractivity contribution in [1.29, 1.82) is 0 Å². The number of hydrogen-bond donors (Lipinski definition) is 2. The van der Waals surface area contributed by atoms with Crippen molar-refractivity contribution >= 4 is 23.6 Å². The van der Waals surface area contributed by atoms with Crippen LogP contribution in [-0.4, -0.2) is 17.9 Å². The summed E-state index contributed by atoms with van der Waals surface area (Å²) >= 11 is 0. The molecule has 0 bridgehead atoms. The fraction of sp³-hybridized carbons (Fsp3) is 0.211. The molecule has 0 aromatic heterocycles. The number of alkyl carbamates (subject to hydrolysis) is 1. The van der Waals surface area contributed by atoms with E-state index in [0.717, 1.165) is 5.56 Å². The van der Waals surface area contributed by atoms with Gasteiger partial charge in [-0.2, -0.15) is 0 Å². The van der Waals surface area contributed by atoms with Gasteiger partial charge in [0.05, 0.1) is 0 Å². The van der Waals surface area contributed by atoms with E-state index in [0.29, 0.717) is 24.1 Å². The number of nitrogens with one attached hydrogen (secondary N) is 2. The van der Waals surface area contributed by atoms with E-state index >= 15 is 0 Å². The first-order valence-corrected chi connectivity index (χ1v) is 7.99. The van der Waals surface area contributed by atoms with Crippen molar-refractivity contribution in [2.45, 2.75) is 25.9 Å². The quantitative estimate of drug-likeness (QED) is 0.878. The van der Waals surface area contributed by atoms with Gasteiger partial charge in [0.1, 0.15) is 0 Å². The molecule has 1 saturated heterocycles. The Morgan fingerprint density at radius 2 is 1.84 bits per heavy atom. The fourth-order valence-corrected chi connectivity index (χ4v) is 2.68. The monoisotopic (exact) mass is 338 g/mol. The number of benzene rings is 2. The molecule has 1 aliphatic rings. The van der Waals surface area contributed by atoms with Crippen LogP contribution in [0.4, 0.5) is 10.5 Å². The van der Waals surface area contributed by atoms with E-state index in [1.165, 1.54) is 5.56 Å². The molecule has 25 heavy (non-hydrogen) atoms. The third-order valence-electron chi connectivity index (χ3n) is 4.07. The summed E-state index contributed by atoms with van der Waals surface area (Å²) < 4.78 is 4.89. The van der Waals surface area contributed by atoms with Crippen LogP contribution in [0.3, 0.4) is 0 Å². The van der Waals surface area contributed by atoms with Crippen LogP contribution in [0.1, 0.15) is 29.2 Å². The zero-order chi connectivity index (χ0) is 17.8. The smallest absolute Gasteiger partial charge is 0.415 e. The standard InChI is InChI=1S/C19H18N2O4/c1-12-4-2-3-5-13(12)8-11-16(22)20-15-9-6-14(7-10-15)17-18(23)21-19(24)25-17/h2-7,9-10,17H,8,11H2,1H3,(H,20,22)(H,21,23,24). The van der Waals surface area contributed by atoms with Crippen LogP contribution in [0, 0.1) is 6.92 Å². The summed E-state index contributed by atoms with van der Waals surface area (Å²) in [5, 5.41) is 4.90. The summed E-state index contributed by atoms with van der Waals surface area (Å²) in [7, 11) is 0. The summed E-state index contributed by atoms with van der Waals surface area (Å²) in [5.74, 6) is -0.568. The van der Waals surface area contributed by atoms with Gasteiger partial charge < -0.3 is 10.1 Å². The number of cyclic esters (lactones) is 1. The maximum absolute atomic E-state index is 12.1. The number of carbonyl (C=O) groups excluding carboxylic acids is 3. The van der Waals surface area contributed by atoms with Crippen LogP contribution in [0.5, 0.6) is 0 Å². The Bertz CT molecular complexity index is 814. The first-order chi connectivity index (χ1) is 12.0. The molecule has 1 unspecified atom stereocenters. The van der Waals surface area contributed by atoms with Crippen molar-refractivity contribution in [1.82, 2.24) is 5.32 Å². The number of hydrogen-bond acceptors (Lipinski definition) is 4. The van der Waals surface area contributed by atoms with Gasteiger partial charge >= 0.3 is 6.09 Å². The maximum Gasteiger partial charge on any atom is 0.415 e. The summed E-state index contributed by atoms with van der Waals surface area (Å²) in [4.78, 5) is 34.7. The van der Waals surface area contributed by atoms with E-state index in [1.807, 2.05) is 31.2 Å². The fourth-order valence-electron chi connectivity index (χ4n) is 2.68. The van der Waals surface area contributed by atoms with Crippen LogP contribution >= 0.6 is 0 Å². The number of ether oxygens (including phenoxy) is 1. The van der Waals surface area contributed by atoms with E-state index in [2.05, 4.69) is 10.6 Å². The molecule has 0 spiro atoms. The molecule has 1 atom stereocenters. The molecule has 6 heteroatoms. The molecule has 2 aromatic carbocycles. The lowest BCUT2D eigenvalue weighted by Gasteiger charge is -2.09. The largest absolute Gasteiger partial charge is 0.431 e. The Morgan fingerprint density at radius 1 is 1.12 bits per heavy atom. The predicted molar refractivity (Wildman–Crippen MR) is 91.9 cm³/mol. The first-order valence-electron chi connectivity index (χ1n) is 7.99. The van der Waals surface area contributed by atoms with Crippen molar-refractivity contribution in [3.63, 3.8) is 0 Å². The summed E-state index contributed by atoms with van der Waals surface area (Å²) in [6, 6.07) is 14.6. The highest BCUT2D eigenvalue weighted by Crippen LogP contribution is 2.23. The number of imide groups is 1. The lowest BCUT2D eigenvalue weighted by Crippen LogP contribution is -2.20. The van der Waals surface area contributed by atoms with Crippen LogP contribution in [0.2, 0.25) is 0 Å². The molecule has 3 amide bonds. The molecule has 0 saturated carbocycles. The average molecular weight is 338 g/mol. The molecular weight excluding hydrogens is 320 g/mol. The highest BCUT2D eigenvalue weighted by Gasteiger charge is 2.33. The zero-order valence-corrected chi connectivity index (χ0v) is 13.7. The van der Waals surface area contributed by atoms with E-state index in [9.17, 15) is 14.4 Å². The molecule has 2 aromatic rings. The van der Waals surface area contributed by atoms with E-state index in [4.69, 9.17) is 4.74 Å². The number of aryl methyl sites for hydroxylation is 2. The van der Waals surface area contributed by atoms with E-state index in [-0.39, 0.29) is 5.91 Å². The van der Waals surface area contributed by atoms with Crippen LogP contribution in [0.15, 0.2) is 48.5 Å². The maximum atomic E-state index is 12.1. The highest BCUT2D eigenvalue weighted by molar-refractivity contribution is 6.00. The molecule has 6 nitrogen and oxygen atoms in total.